The summed E-state index contributed by atoms with van der Waals surface area (Å²) < 4.78 is 9.49. The minimum Gasteiger partial charge on any atom is -0.547 e. The summed E-state index contributed by atoms with van der Waals surface area (Å²) in [6.07, 6.45) is -1.93. The number of ether oxygens (including phenoxy) is 2. The van der Waals surface area contributed by atoms with Gasteiger partial charge in [-0.05, 0) is 41.5 Å². The van der Waals surface area contributed by atoms with Gasteiger partial charge in [-0.25, -0.2) is 0 Å². The van der Waals surface area contributed by atoms with E-state index in [-0.39, 0.29) is 5.56 Å². The molecule has 0 aliphatic heterocycles. The third-order valence-electron chi connectivity index (χ3n) is 3.28. The van der Waals surface area contributed by atoms with Crippen LogP contribution in [0.4, 0.5) is 4.79 Å². The van der Waals surface area contributed by atoms with Crippen molar-refractivity contribution in [3.05, 3.63) is 42.0 Å². The average Bonchev–Trinajstić information content (AvgIpc) is 2.45. The van der Waals surface area contributed by atoms with Crippen molar-refractivity contribution < 1.29 is 29.3 Å². The lowest BCUT2D eigenvalue weighted by Gasteiger charge is -2.35. The molecule has 0 heterocycles. The average molecular weight is 288 g/mol. The van der Waals surface area contributed by atoms with Crippen LogP contribution in [-0.4, -0.2) is 19.2 Å². The molecule has 0 bridgehead atoms. The smallest absolute Gasteiger partial charge is 0.253 e. The number of carboxylic acids is 1. The molecule has 0 spiro atoms. The number of carbonyl (C=O) groups excluding carboxylic acids is 2. The van der Waals surface area contributed by atoms with Crippen LogP contribution >= 0.6 is 0 Å². The monoisotopic (exact) mass is 288 g/mol. The van der Waals surface area contributed by atoms with E-state index in [1.165, 1.54) is 19.2 Å². The molecule has 6 nitrogen and oxygen atoms in total. The van der Waals surface area contributed by atoms with Crippen molar-refractivity contribution in [2.24, 2.45) is 0 Å². The Labute approximate surface area is 120 Å². The molecule has 2 aromatic rings. The lowest BCUT2D eigenvalue weighted by molar-refractivity contribution is -0.339. The molecule has 0 radical (unpaired) electrons. The molecule has 0 N–H and O–H groups in total. The van der Waals surface area contributed by atoms with Gasteiger partial charge in [0.1, 0.15) is 11.4 Å². The molecule has 6 heteroatoms. The fourth-order valence-electron chi connectivity index (χ4n) is 2.03. The Bertz CT molecular complexity index is 708. The van der Waals surface area contributed by atoms with Crippen LogP contribution in [0.2, 0.25) is 0 Å². The van der Waals surface area contributed by atoms with Crippen LogP contribution in [0.25, 0.3) is 10.8 Å². The standard InChI is InChI=1S/C15H14O6/c1-15(13(16)17,21-14(18)19)11-5-3-10-8-12(20-2)6-4-9(10)7-11/h3-8H,1-2H3,(H,16,17)(H,18,19)/p-2. The van der Waals surface area contributed by atoms with Crippen molar-refractivity contribution in [1.29, 1.82) is 0 Å². The zero-order valence-electron chi connectivity index (χ0n) is 11.4. The Morgan fingerprint density at radius 3 is 2.24 bits per heavy atom. The molecule has 0 saturated carbocycles. The third kappa shape index (κ3) is 2.74. The zero-order chi connectivity index (χ0) is 15.6. The van der Waals surface area contributed by atoms with Crippen LogP contribution in [-0.2, 0) is 15.1 Å². The number of carbonyl (C=O) groups is 2. The van der Waals surface area contributed by atoms with Crippen molar-refractivity contribution in [3.8, 4) is 5.75 Å². The minimum absolute atomic E-state index is 0.143. The molecule has 0 amide bonds. The SMILES string of the molecule is COc1ccc2cc(C(C)(OC(=O)[O-])C(=O)[O-])ccc2c1. The number of hydrogen-bond acceptors (Lipinski definition) is 6. The summed E-state index contributed by atoms with van der Waals surface area (Å²) >= 11 is 0. The van der Waals surface area contributed by atoms with Gasteiger partial charge in [0, 0.05) is 0 Å². The highest BCUT2D eigenvalue weighted by Crippen LogP contribution is 2.29. The second-order valence-electron chi connectivity index (χ2n) is 4.60. The molecule has 110 valence electrons. The van der Waals surface area contributed by atoms with Gasteiger partial charge in [-0.3, -0.25) is 0 Å². The van der Waals surface area contributed by atoms with Crippen LogP contribution < -0.4 is 14.9 Å². The van der Waals surface area contributed by atoms with E-state index in [2.05, 4.69) is 4.74 Å². The Balaban J connectivity index is 2.54. The molecule has 1 unspecified atom stereocenters. The largest absolute Gasteiger partial charge is 0.547 e. The molecule has 2 aromatic carbocycles. The van der Waals surface area contributed by atoms with Gasteiger partial charge >= 0.3 is 0 Å². The number of rotatable bonds is 4. The van der Waals surface area contributed by atoms with Gasteiger partial charge in [-0.1, -0.05) is 18.2 Å². The van der Waals surface area contributed by atoms with Crippen molar-refractivity contribution in [2.45, 2.75) is 12.5 Å². The molecular formula is C15H12O6-2. The van der Waals surface area contributed by atoms with E-state index in [9.17, 15) is 19.8 Å². The lowest BCUT2D eigenvalue weighted by Crippen LogP contribution is -2.49. The number of benzene rings is 2. The first-order valence-corrected chi connectivity index (χ1v) is 6.06. The van der Waals surface area contributed by atoms with Crippen LogP contribution in [0.15, 0.2) is 36.4 Å². The van der Waals surface area contributed by atoms with E-state index in [0.717, 1.165) is 12.3 Å². The van der Waals surface area contributed by atoms with Gasteiger partial charge in [0.15, 0.2) is 0 Å². The van der Waals surface area contributed by atoms with E-state index in [1.54, 1.807) is 24.3 Å². The van der Waals surface area contributed by atoms with Gasteiger partial charge < -0.3 is 29.3 Å². The molecule has 21 heavy (non-hydrogen) atoms. The quantitative estimate of drug-likeness (QED) is 0.744. The number of fused-ring (bicyclic) bond motifs is 1. The summed E-state index contributed by atoms with van der Waals surface area (Å²) in [5, 5.41) is 23.4. The number of methoxy groups -OCH3 is 1. The predicted molar refractivity (Wildman–Crippen MR) is 69.3 cm³/mol. The molecule has 0 aliphatic rings. The highest BCUT2D eigenvalue weighted by molar-refractivity contribution is 5.87. The van der Waals surface area contributed by atoms with E-state index in [1.807, 2.05) is 0 Å². The van der Waals surface area contributed by atoms with Gasteiger partial charge in [0.2, 0.25) is 0 Å². The fraction of sp³-hybridized carbons (Fsp3) is 0.200. The van der Waals surface area contributed by atoms with Gasteiger partial charge in [-0.2, -0.15) is 0 Å². The first-order chi connectivity index (χ1) is 9.86. The van der Waals surface area contributed by atoms with E-state index in [4.69, 9.17) is 4.74 Å². The highest BCUT2D eigenvalue weighted by Gasteiger charge is 2.27. The van der Waals surface area contributed by atoms with E-state index >= 15 is 0 Å². The van der Waals surface area contributed by atoms with Gasteiger partial charge in [0.05, 0.1) is 13.1 Å². The number of aliphatic carboxylic acids is 1. The second-order valence-corrected chi connectivity index (χ2v) is 4.60. The van der Waals surface area contributed by atoms with E-state index in [0.29, 0.717) is 11.1 Å². The highest BCUT2D eigenvalue weighted by atomic mass is 16.7. The summed E-state index contributed by atoms with van der Waals surface area (Å²) in [6, 6.07) is 9.84. The Kier molecular flexibility index (Phi) is 3.71. The zero-order valence-corrected chi connectivity index (χ0v) is 11.4. The lowest BCUT2D eigenvalue weighted by atomic mass is 9.93. The van der Waals surface area contributed by atoms with Gasteiger partial charge in [0.25, 0.3) is 6.16 Å². The molecular weight excluding hydrogens is 276 g/mol. The van der Waals surface area contributed by atoms with Crippen LogP contribution in [0, 0.1) is 0 Å². The topological polar surface area (TPSA) is 98.7 Å². The van der Waals surface area contributed by atoms with Crippen molar-refractivity contribution >= 4 is 22.9 Å². The predicted octanol–water partition coefficient (Wildman–Crippen LogP) is 0.173. The van der Waals surface area contributed by atoms with E-state index < -0.39 is 17.7 Å². The third-order valence-corrected chi connectivity index (χ3v) is 3.28. The van der Waals surface area contributed by atoms with Crippen molar-refractivity contribution in [3.63, 3.8) is 0 Å². The maximum absolute atomic E-state index is 11.2. The first-order valence-electron chi connectivity index (χ1n) is 6.06. The van der Waals surface area contributed by atoms with Crippen molar-refractivity contribution in [1.82, 2.24) is 0 Å². The molecule has 0 aromatic heterocycles. The Hall–Kier alpha value is -2.76. The summed E-state index contributed by atoms with van der Waals surface area (Å²) in [4.78, 5) is 21.8. The summed E-state index contributed by atoms with van der Waals surface area (Å²) in [7, 11) is 1.54. The summed E-state index contributed by atoms with van der Waals surface area (Å²) in [6.45, 7) is 1.10. The van der Waals surface area contributed by atoms with Crippen LogP contribution in [0.5, 0.6) is 5.75 Å². The summed E-state index contributed by atoms with van der Waals surface area (Å²) in [5.74, 6) is -1.01. The molecule has 1 atom stereocenters. The molecule has 0 aliphatic carbocycles. The number of carboxylic acid groups (broad SMARTS) is 2. The minimum atomic E-state index is -2.13. The van der Waals surface area contributed by atoms with Gasteiger partial charge in [-0.15, -0.1) is 0 Å². The first kappa shape index (κ1) is 14.6. The van der Waals surface area contributed by atoms with Crippen LogP contribution in [0.3, 0.4) is 0 Å². The Morgan fingerprint density at radius 2 is 1.67 bits per heavy atom. The maximum Gasteiger partial charge on any atom is 0.253 e. The van der Waals surface area contributed by atoms with Crippen molar-refractivity contribution in [2.75, 3.05) is 7.11 Å². The molecule has 0 fully saturated rings. The Morgan fingerprint density at radius 1 is 1.05 bits per heavy atom. The maximum atomic E-state index is 11.2. The second kappa shape index (κ2) is 5.32. The molecule has 0 saturated heterocycles. The number of hydrogen-bond donors (Lipinski definition) is 0. The summed E-state index contributed by atoms with van der Waals surface area (Å²) in [5.41, 5.74) is -1.99. The van der Waals surface area contributed by atoms with Crippen LogP contribution in [0.1, 0.15) is 12.5 Å². The normalized spacial score (nSPS) is 13.4. The molecule has 2 rings (SSSR count). The fourth-order valence-corrected chi connectivity index (χ4v) is 2.03.